The predicted octanol–water partition coefficient (Wildman–Crippen LogP) is 5.21. The average Bonchev–Trinajstić information content (AvgIpc) is 3.38. The summed E-state index contributed by atoms with van der Waals surface area (Å²) in [5.41, 5.74) is 0.0798. The zero-order chi connectivity index (χ0) is 30.7. The molecular formula is C29H28ClF3N7O3+. The second kappa shape index (κ2) is 12.5. The number of benzene rings is 1. The first kappa shape index (κ1) is 30.2. The number of pyridine rings is 1. The van der Waals surface area contributed by atoms with Crippen LogP contribution in [0.25, 0.3) is 0 Å². The number of amides is 2. The van der Waals surface area contributed by atoms with Gasteiger partial charge in [0.2, 0.25) is 11.8 Å². The summed E-state index contributed by atoms with van der Waals surface area (Å²) >= 11 is 6.54. The number of halogens is 4. The van der Waals surface area contributed by atoms with Crippen LogP contribution in [0.3, 0.4) is 0 Å². The van der Waals surface area contributed by atoms with E-state index in [1.54, 1.807) is 18.2 Å². The molecule has 0 bridgehead atoms. The normalized spacial score (nSPS) is 22.4. The van der Waals surface area contributed by atoms with Crippen molar-refractivity contribution in [2.24, 2.45) is 10.9 Å². The Hall–Kier alpha value is -4.31. The lowest BCUT2D eigenvalue weighted by molar-refractivity contribution is -0.614. The molecule has 1 aliphatic carbocycles. The van der Waals surface area contributed by atoms with Crippen molar-refractivity contribution in [1.29, 1.82) is 5.26 Å². The summed E-state index contributed by atoms with van der Waals surface area (Å²) < 4.78 is 42.2. The predicted molar refractivity (Wildman–Crippen MR) is 150 cm³/mol. The maximum atomic E-state index is 14.5. The lowest BCUT2D eigenvalue weighted by atomic mass is 9.92. The van der Waals surface area contributed by atoms with E-state index < -0.39 is 60.6 Å². The lowest BCUT2D eigenvalue weighted by Gasteiger charge is -2.32. The number of amidine groups is 1. The molecule has 1 aromatic heterocycles. The summed E-state index contributed by atoms with van der Waals surface area (Å²) in [7, 11) is 0. The van der Waals surface area contributed by atoms with Gasteiger partial charge in [0.25, 0.3) is 5.91 Å². The van der Waals surface area contributed by atoms with Crippen LogP contribution in [0.2, 0.25) is 5.02 Å². The number of aliphatic imine (C=N–C) groups is 1. The number of nitrogens with one attached hydrogen (secondary N) is 1. The van der Waals surface area contributed by atoms with E-state index in [1.807, 2.05) is 0 Å². The van der Waals surface area contributed by atoms with Gasteiger partial charge in [-0.05, 0) is 25.0 Å². The number of carbonyl (C=O) groups excluding carboxylic acids is 2. The Bertz CT molecular complexity index is 1520. The molecule has 43 heavy (non-hydrogen) atoms. The number of rotatable bonds is 7. The van der Waals surface area contributed by atoms with Gasteiger partial charge in [-0.15, -0.1) is 0 Å². The summed E-state index contributed by atoms with van der Waals surface area (Å²) in [6, 6.07) is 7.30. The van der Waals surface area contributed by atoms with Gasteiger partial charge in [-0.3, -0.25) is 14.6 Å². The molecule has 0 radical (unpaired) electrons. The lowest BCUT2D eigenvalue weighted by Crippen LogP contribution is -2.55. The molecule has 2 amide bonds. The summed E-state index contributed by atoms with van der Waals surface area (Å²) in [6.07, 6.45) is 3.23. The van der Waals surface area contributed by atoms with Crippen molar-refractivity contribution >= 4 is 34.9 Å². The van der Waals surface area contributed by atoms with E-state index in [2.05, 4.69) is 21.4 Å². The Labute approximate surface area is 250 Å². The minimum Gasteiger partial charge on any atom is -0.351 e. The molecule has 3 heterocycles. The topological polar surface area (TPSA) is 122 Å². The van der Waals surface area contributed by atoms with Crippen LogP contribution in [0.15, 0.2) is 60.0 Å². The van der Waals surface area contributed by atoms with Crippen molar-refractivity contribution in [3.63, 3.8) is 0 Å². The highest BCUT2D eigenvalue weighted by Crippen LogP contribution is 2.37. The summed E-state index contributed by atoms with van der Waals surface area (Å²) in [6.45, 7) is 0. The van der Waals surface area contributed by atoms with Gasteiger partial charge in [0.15, 0.2) is 6.04 Å². The van der Waals surface area contributed by atoms with Gasteiger partial charge in [-0.25, -0.2) is 23.1 Å². The molecule has 1 saturated heterocycles. The third kappa shape index (κ3) is 6.54. The Morgan fingerprint density at radius 1 is 1.23 bits per heavy atom. The van der Waals surface area contributed by atoms with Crippen LogP contribution in [0, 0.1) is 28.0 Å². The maximum Gasteiger partial charge on any atom is 0.316 e. The van der Waals surface area contributed by atoms with Crippen molar-refractivity contribution < 1.29 is 27.6 Å². The van der Waals surface area contributed by atoms with Gasteiger partial charge in [0.1, 0.15) is 22.2 Å². The number of hydrogen-bond donors (Lipinski definition) is 1. The van der Waals surface area contributed by atoms with E-state index in [0.29, 0.717) is 4.87 Å². The monoisotopic (exact) mass is 614 g/mol. The third-order valence-corrected chi connectivity index (χ3v) is 8.09. The number of nitroso groups, excluding NO2 is 1. The van der Waals surface area contributed by atoms with Crippen molar-refractivity contribution in [3.05, 3.63) is 76.3 Å². The van der Waals surface area contributed by atoms with Crippen LogP contribution in [0.4, 0.5) is 18.9 Å². The molecular weight excluding hydrogens is 587 g/mol. The number of hydrogen-bond acceptors (Lipinski definition) is 6. The Balaban J connectivity index is 1.57. The molecule has 2 aromatic rings. The molecule has 10 nitrogen and oxygen atoms in total. The van der Waals surface area contributed by atoms with E-state index >= 15 is 0 Å². The Kier molecular flexibility index (Phi) is 8.77. The van der Waals surface area contributed by atoms with E-state index in [1.165, 1.54) is 29.4 Å². The molecule has 3 aliphatic rings. The summed E-state index contributed by atoms with van der Waals surface area (Å²) in [5, 5.41) is 13.3. The molecule has 1 saturated carbocycles. The standard InChI is InChI=1S/C29H27ClF3N7O3/c30-23-4-2-1-3-22(23)27(28(42)37-20-7-10-29(32,33)11-8-20)39(21-14-19(31)16-35-17-21)40(43)25-5-6-26(41)38(25)24-13-18(15-34)9-12-36-24/h1-4,9,12,14,16-18,20,25,27H,5-8,10-11,13H2/p+1/t18?,25-,27+/m1/s1. The van der Waals surface area contributed by atoms with Crippen molar-refractivity contribution in [2.45, 2.75) is 69.1 Å². The van der Waals surface area contributed by atoms with Crippen molar-refractivity contribution in [2.75, 3.05) is 5.01 Å². The van der Waals surface area contributed by atoms with Gasteiger partial charge in [-0.1, -0.05) is 34.8 Å². The second-order valence-electron chi connectivity index (χ2n) is 10.7. The fraction of sp³-hybridized carbons (Fsp3) is 0.414. The molecule has 0 spiro atoms. The highest BCUT2D eigenvalue weighted by Gasteiger charge is 2.52. The summed E-state index contributed by atoms with van der Waals surface area (Å²) in [5.74, 6) is -5.10. The number of likely N-dealkylation sites (tertiary alicyclic amines) is 1. The number of carbonyl (C=O) groups is 2. The van der Waals surface area contributed by atoms with Crippen LogP contribution >= 0.6 is 11.6 Å². The fourth-order valence-electron chi connectivity index (χ4n) is 5.58. The number of nitriles is 1. The molecule has 14 heteroatoms. The van der Waals surface area contributed by atoms with Crippen molar-refractivity contribution in [3.8, 4) is 6.07 Å². The summed E-state index contributed by atoms with van der Waals surface area (Å²) in [4.78, 5) is 51.3. The van der Waals surface area contributed by atoms with Crippen LogP contribution in [0.5, 0.6) is 0 Å². The van der Waals surface area contributed by atoms with E-state index in [4.69, 9.17) is 11.6 Å². The fourth-order valence-corrected chi connectivity index (χ4v) is 5.82. The number of hydrazine groups is 1. The molecule has 1 unspecified atom stereocenters. The quantitative estimate of drug-likeness (QED) is 0.337. The van der Waals surface area contributed by atoms with E-state index in [-0.39, 0.29) is 54.2 Å². The number of alkyl halides is 2. The van der Waals surface area contributed by atoms with Gasteiger partial charge < -0.3 is 5.32 Å². The van der Waals surface area contributed by atoms with Crippen molar-refractivity contribution in [1.82, 2.24) is 15.2 Å². The zero-order valence-electron chi connectivity index (χ0n) is 22.9. The van der Waals surface area contributed by atoms with Gasteiger partial charge >= 0.3 is 6.17 Å². The Morgan fingerprint density at radius 3 is 2.67 bits per heavy atom. The van der Waals surface area contributed by atoms with Crippen LogP contribution in [-0.4, -0.2) is 50.5 Å². The molecule has 1 aromatic carbocycles. The maximum absolute atomic E-state index is 14.5. The zero-order valence-corrected chi connectivity index (χ0v) is 23.6. The number of nitrogens with zero attached hydrogens (tertiary/aromatic N) is 6. The average molecular weight is 615 g/mol. The number of aromatic nitrogens is 1. The van der Waals surface area contributed by atoms with Gasteiger partial charge in [0, 0.05) is 61.0 Å². The molecule has 2 aliphatic heterocycles. The number of allylic oxidation sites excluding steroid dienone is 1. The molecule has 224 valence electrons. The van der Waals surface area contributed by atoms with Gasteiger partial charge in [0.05, 0.1) is 29.3 Å². The van der Waals surface area contributed by atoms with Crippen LogP contribution in [-0.2, 0) is 9.59 Å². The highest BCUT2D eigenvalue weighted by atomic mass is 35.5. The smallest absolute Gasteiger partial charge is 0.316 e. The minimum absolute atomic E-state index is 0.0160. The Morgan fingerprint density at radius 2 is 1.98 bits per heavy atom. The first-order valence-electron chi connectivity index (χ1n) is 13.8. The third-order valence-electron chi connectivity index (χ3n) is 7.75. The minimum atomic E-state index is -2.82. The van der Waals surface area contributed by atoms with Gasteiger partial charge in [-0.2, -0.15) is 5.26 Å². The highest BCUT2D eigenvalue weighted by molar-refractivity contribution is 6.31. The van der Waals surface area contributed by atoms with Crippen LogP contribution < -0.4 is 10.3 Å². The molecule has 1 N–H and O–H groups in total. The molecule has 3 atom stereocenters. The molecule has 2 fully saturated rings. The SMILES string of the molecule is N#CC1C=CN=C(N2C(=O)CC[C@H]2[N+](=O)N(c2cncc(F)c2)[C@H](C(=O)NC2CCC(F)(F)CC2)c2ccccc2Cl)C1. The second-order valence-corrected chi connectivity index (χ2v) is 11.1. The largest absolute Gasteiger partial charge is 0.351 e. The van der Waals surface area contributed by atoms with E-state index in [0.717, 1.165) is 17.3 Å². The first-order valence-corrected chi connectivity index (χ1v) is 14.2. The first-order chi connectivity index (χ1) is 20.6. The number of anilines is 1. The molecule has 5 rings (SSSR count). The van der Waals surface area contributed by atoms with E-state index in [9.17, 15) is 32.9 Å². The van der Waals surface area contributed by atoms with Crippen LogP contribution in [0.1, 0.15) is 56.6 Å².